The summed E-state index contributed by atoms with van der Waals surface area (Å²) in [6, 6.07) is 0. The van der Waals surface area contributed by atoms with Crippen molar-refractivity contribution < 1.29 is 9.53 Å². The zero-order valence-corrected chi connectivity index (χ0v) is 6.57. The Morgan fingerprint density at radius 3 is 2.80 bits per heavy atom. The SMILES string of the molecule is CC(=N)OCCNC(=O)S. The molecule has 0 aliphatic rings. The molecule has 0 heterocycles. The van der Waals surface area contributed by atoms with Gasteiger partial charge < -0.3 is 10.1 Å². The first-order valence-electron chi connectivity index (χ1n) is 2.77. The van der Waals surface area contributed by atoms with E-state index in [1.807, 2.05) is 0 Å². The summed E-state index contributed by atoms with van der Waals surface area (Å²) in [7, 11) is 0. The van der Waals surface area contributed by atoms with E-state index in [0.717, 1.165) is 0 Å². The number of rotatable bonds is 3. The van der Waals surface area contributed by atoms with E-state index >= 15 is 0 Å². The minimum atomic E-state index is -0.383. The van der Waals surface area contributed by atoms with Crippen LogP contribution in [0.3, 0.4) is 0 Å². The molecule has 0 spiro atoms. The number of ether oxygens (including phenoxy) is 1. The number of carbonyl (C=O) groups excluding carboxylic acids is 1. The van der Waals surface area contributed by atoms with Crippen LogP contribution < -0.4 is 5.32 Å². The first-order valence-corrected chi connectivity index (χ1v) is 3.22. The molecule has 0 aliphatic carbocycles. The normalized spacial score (nSPS) is 8.60. The summed E-state index contributed by atoms with van der Waals surface area (Å²) in [5.41, 5.74) is 0. The third kappa shape index (κ3) is 7.29. The molecule has 1 amide bonds. The zero-order chi connectivity index (χ0) is 7.98. The van der Waals surface area contributed by atoms with Crippen LogP contribution in [0.25, 0.3) is 0 Å². The smallest absolute Gasteiger partial charge is 0.276 e. The molecular formula is C5H10N2O2S. The Hall–Kier alpha value is -0.710. The predicted molar refractivity (Wildman–Crippen MR) is 41.7 cm³/mol. The molecule has 0 aromatic heterocycles. The highest BCUT2D eigenvalue weighted by Crippen LogP contribution is 1.77. The Labute approximate surface area is 64.9 Å². The van der Waals surface area contributed by atoms with Crippen molar-refractivity contribution in [2.45, 2.75) is 6.92 Å². The van der Waals surface area contributed by atoms with Crippen molar-refractivity contribution in [3.63, 3.8) is 0 Å². The highest BCUT2D eigenvalue weighted by Gasteiger charge is 1.91. The topological polar surface area (TPSA) is 62.2 Å². The molecule has 0 saturated heterocycles. The molecule has 0 unspecified atom stereocenters. The minimum Gasteiger partial charge on any atom is -0.480 e. The molecule has 2 N–H and O–H groups in total. The number of nitrogens with one attached hydrogen (secondary N) is 2. The fraction of sp³-hybridized carbons (Fsp3) is 0.600. The molecule has 0 aromatic carbocycles. The fourth-order valence-electron chi connectivity index (χ4n) is 0.362. The molecule has 0 aromatic rings. The van der Waals surface area contributed by atoms with Crippen molar-refractivity contribution in [3.8, 4) is 0 Å². The van der Waals surface area contributed by atoms with Gasteiger partial charge in [-0.15, -0.1) is 0 Å². The van der Waals surface area contributed by atoms with Gasteiger partial charge in [-0.05, 0) is 0 Å². The summed E-state index contributed by atoms with van der Waals surface area (Å²) < 4.78 is 4.73. The third-order valence-electron chi connectivity index (χ3n) is 0.697. The molecule has 10 heavy (non-hydrogen) atoms. The first-order chi connectivity index (χ1) is 4.63. The van der Waals surface area contributed by atoms with Crippen LogP contribution in [0.5, 0.6) is 0 Å². The van der Waals surface area contributed by atoms with Crippen LogP contribution in [-0.4, -0.2) is 24.3 Å². The van der Waals surface area contributed by atoms with Crippen LogP contribution in [0.15, 0.2) is 0 Å². The maximum atomic E-state index is 10.1. The maximum Gasteiger partial charge on any atom is 0.276 e. The second kappa shape index (κ2) is 5.10. The van der Waals surface area contributed by atoms with Gasteiger partial charge in [0.2, 0.25) is 0 Å². The van der Waals surface area contributed by atoms with E-state index < -0.39 is 0 Å². The molecule has 5 heteroatoms. The van der Waals surface area contributed by atoms with Crippen molar-refractivity contribution in [1.29, 1.82) is 5.41 Å². The predicted octanol–water partition coefficient (Wildman–Crippen LogP) is 0.640. The van der Waals surface area contributed by atoms with Crippen LogP contribution in [0.1, 0.15) is 6.92 Å². The van der Waals surface area contributed by atoms with E-state index in [1.54, 1.807) is 0 Å². The molecule has 0 radical (unpaired) electrons. The number of carbonyl (C=O) groups is 1. The van der Waals surface area contributed by atoms with Crippen LogP contribution in [0.2, 0.25) is 0 Å². The Balaban J connectivity index is 3.06. The van der Waals surface area contributed by atoms with Gasteiger partial charge in [0.25, 0.3) is 5.24 Å². The van der Waals surface area contributed by atoms with E-state index in [1.165, 1.54) is 6.92 Å². The van der Waals surface area contributed by atoms with Crippen molar-refractivity contribution in [3.05, 3.63) is 0 Å². The average Bonchev–Trinajstić information content (AvgIpc) is 1.79. The summed E-state index contributed by atoms with van der Waals surface area (Å²) in [4.78, 5) is 10.1. The van der Waals surface area contributed by atoms with E-state index in [4.69, 9.17) is 10.1 Å². The van der Waals surface area contributed by atoms with Gasteiger partial charge in [-0.25, -0.2) is 0 Å². The van der Waals surface area contributed by atoms with E-state index in [9.17, 15) is 4.79 Å². The summed E-state index contributed by atoms with van der Waals surface area (Å²) >= 11 is 3.46. The van der Waals surface area contributed by atoms with E-state index in [2.05, 4.69) is 17.9 Å². The van der Waals surface area contributed by atoms with Gasteiger partial charge in [-0.1, -0.05) is 12.6 Å². The lowest BCUT2D eigenvalue weighted by molar-refractivity contribution is 0.254. The monoisotopic (exact) mass is 162 g/mol. The lowest BCUT2D eigenvalue weighted by atomic mass is 10.7. The molecule has 0 atom stereocenters. The van der Waals surface area contributed by atoms with Gasteiger partial charge >= 0.3 is 0 Å². The van der Waals surface area contributed by atoms with Crippen molar-refractivity contribution in [1.82, 2.24) is 5.32 Å². The van der Waals surface area contributed by atoms with Gasteiger partial charge in [-0.2, -0.15) is 0 Å². The van der Waals surface area contributed by atoms with Crippen molar-refractivity contribution in [2.75, 3.05) is 13.2 Å². The molecular weight excluding hydrogens is 152 g/mol. The molecule has 0 fully saturated rings. The Morgan fingerprint density at radius 1 is 1.80 bits per heavy atom. The Morgan fingerprint density at radius 2 is 2.40 bits per heavy atom. The third-order valence-corrected chi connectivity index (χ3v) is 0.855. The molecule has 0 rings (SSSR count). The van der Waals surface area contributed by atoms with Gasteiger partial charge in [0, 0.05) is 6.92 Å². The lowest BCUT2D eigenvalue weighted by Crippen LogP contribution is -2.22. The molecule has 0 bridgehead atoms. The molecule has 4 nitrogen and oxygen atoms in total. The quantitative estimate of drug-likeness (QED) is 0.247. The molecule has 0 saturated carbocycles. The zero-order valence-electron chi connectivity index (χ0n) is 5.68. The second-order valence-corrected chi connectivity index (χ2v) is 2.04. The standard InChI is InChI=1S/C5H10N2O2S/c1-4(6)9-3-2-7-5(8)10/h6H,2-3H2,1H3,(H2,7,8,10). The van der Waals surface area contributed by atoms with Gasteiger partial charge in [0.05, 0.1) is 6.54 Å². The number of amides is 1. The van der Waals surface area contributed by atoms with Crippen LogP contribution in [-0.2, 0) is 4.74 Å². The molecule has 58 valence electrons. The number of hydrogen-bond acceptors (Lipinski definition) is 3. The van der Waals surface area contributed by atoms with Gasteiger partial charge in [-0.3, -0.25) is 10.2 Å². The fourth-order valence-corrected chi connectivity index (χ4v) is 0.474. The highest BCUT2D eigenvalue weighted by molar-refractivity contribution is 7.96. The van der Waals surface area contributed by atoms with Crippen LogP contribution in [0.4, 0.5) is 4.79 Å². The van der Waals surface area contributed by atoms with Crippen molar-refractivity contribution in [2.24, 2.45) is 0 Å². The Bertz CT molecular complexity index is 122. The second-order valence-electron chi connectivity index (χ2n) is 1.64. The summed E-state index contributed by atoms with van der Waals surface area (Å²) in [6.45, 7) is 2.24. The minimum absolute atomic E-state index is 0.147. The number of thiol groups is 1. The summed E-state index contributed by atoms with van der Waals surface area (Å²) in [5, 5.41) is 8.85. The summed E-state index contributed by atoms with van der Waals surface area (Å²) in [5.74, 6) is 0.147. The van der Waals surface area contributed by atoms with E-state index in [-0.39, 0.29) is 11.1 Å². The first kappa shape index (κ1) is 9.29. The largest absolute Gasteiger partial charge is 0.480 e. The Kier molecular flexibility index (Phi) is 4.74. The van der Waals surface area contributed by atoms with E-state index in [0.29, 0.717) is 13.2 Å². The number of hydrogen-bond donors (Lipinski definition) is 3. The van der Waals surface area contributed by atoms with Crippen LogP contribution >= 0.6 is 12.6 Å². The van der Waals surface area contributed by atoms with Gasteiger partial charge in [0.1, 0.15) is 6.61 Å². The maximum absolute atomic E-state index is 10.1. The lowest BCUT2D eigenvalue weighted by Gasteiger charge is -2.02. The van der Waals surface area contributed by atoms with Gasteiger partial charge in [0.15, 0.2) is 5.90 Å². The summed E-state index contributed by atoms with van der Waals surface area (Å²) in [6.07, 6.45) is 0. The molecule has 0 aliphatic heterocycles. The highest BCUT2D eigenvalue weighted by atomic mass is 32.1. The van der Waals surface area contributed by atoms with Crippen molar-refractivity contribution >= 4 is 23.8 Å². The average molecular weight is 162 g/mol. The van der Waals surface area contributed by atoms with Crippen LogP contribution in [0, 0.1) is 5.41 Å².